The van der Waals surface area contributed by atoms with Gasteiger partial charge in [-0.05, 0) is 32.0 Å². The van der Waals surface area contributed by atoms with Crippen molar-refractivity contribution in [1.82, 2.24) is 4.57 Å². The van der Waals surface area contributed by atoms with Crippen LogP contribution in [0.3, 0.4) is 0 Å². The Bertz CT molecular complexity index is 379. The summed E-state index contributed by atoms with van der Waals surface area (Å²) in [5.74, 6) is 0. The number of nitrogens with zero attached hydrogens (tertiary/aromatic N) is 1. The molecule has 13 heavy (non-hydrogen) atoms. The standard InChI is InChI=1S/C12H12N/c1-10-8-9-11(2)13(10)12-6-4-3-5-7-12/h3-8H,1-2H3. The zero-order chi connectivity index (χ0) is 9.26. The van der Waals surface area contributed by atoms with Crippen molar-refractivity contribution in [2.45, 2.75) is 13.8 Å². The number of rotatable bonds is 1. The lowest BCUT2D eigenvalue weighted by atomic mass is 10.3. The summed E-state index contributed by atoms with van der Waals surface area (Å²) in [6.07, 6.45) is 0. The smallest absolute Gasteiger partial charge is 0.0455 e. The third kappa shape index (κ3) is 1.37. The topological polar surface area (TPSA) is 4.93 Å². The number of benzene rings is 1. The summed E-state index contributed by atoms with van der Waals surface area (Å²) in [6, 6.07) is 15.6. The summed E-state index contributed by atoms with van der Waals surface area (Å²) >= 11 is 0. The van der Waals surface area contributed by atoms with E-state index in [2.05, 4.69) is 36.6 Å². The highest BCUT2D eigenvalue weighted by atomic mass is 15.0. The monoisotopic (exact) mass is 170 g/mol. The molecule has 0 aliphatic carbocycles. The van der Waals surface area contributed by atoms with E-state index in [4.69, 9.17) is 0 Å². The fourth-order valence-corrected chi connectivity index (χ4v) is 1.58. The van der Waals surface area contributed by atoms with Gasteiger partial charge < -0.3 is 4.57 Å². The van der Waals surface area contributed by atoms with Gasteiger partial charge in [0.1, 0.15) is 0 Å². The second-order valence-corrected chi connectivity index (χ2v) is 3.19. The molecule has 1 heteroatoms. The first-order valence-electron chi connectivity index (χ1n) is 4.41. The molecular weight excluding hydrogens is 158 g/mol. The first-order valence-corrected chi connectivity index (χ1v) is 4.41. The number of hydrogen-bond acceptors (Lipinski definition) is 0. The third-order valence-electron chi connectivity index (χ3n) is 2.19. The summed E-state index contributed by atoms with van der Waals surface area (Å²) in [5.41, 5.74) is 3.59. The molecule has 2 rings (SSSR count). The van der Waals surface area contributed by atoms with Crippen molar-refractivity contribution in [3.63, 3.8) is 0 Å². The maximum atomic E-state index is 3.20. The maximum absolute atomic E-state index is 3.20. The molecule has 0 fully saturated rings. The Morgan fingerprint density at radius 2 is 1.77 bits per heavy atom. The van der Waals surface area contributed by atoms with Crippen LogP contribution in [0.25, 0.3) is 5.69 Å². The molecule has 0 atom stereocenters. The van der Waals surface area contributed by atoms with Crippen molar-refractivity contribution in [2.24, 2.45) is 0 Å². The van der Waals surface area contributed by atoms with Crippen molar-refractivity contribution in [3.8, 4) is 5.69 Å². The third-order valence-corrected chi connectivity index (χ3v) is 2.19. The van der Waals surface area contributed by atoms with Gasteiger partial charge in [-0.15, -0.1) is 0 Å². The van der Waals surface area contributed by atoms with Crippen LogP contribution in [-0.2, 0) is 0 Å². The molecule has 0 unspecified atom stereocenters. The Morgan fingerprint density at radius 3 is 2.31 bits per heavy atom. The van der Waals surface area contributed by atoms with Crippen molar-refractivity contribution in [2.75, 3.05) is 0 Å². The summed E-state index contributed by atoms with van der Waals surface area (Å²) in [6.45, 7) is 4.16. The fraction of sp³-hybridized carbons (Fsp3) is 0.167. The Labute approximate surface area is 78.6 Å². The zero-order valence-electron chi connectivity index (χ0n) is 7.91. The van der Waals surface area contributed by atoms with Gasteiger partial charge >= 0.3 is 0 Å². The average molecular weight is 170 g/mol. The molecule has 1 aromatic heterocycles. The van der Waals surface area contributed by atoms with Gasteiger partial charge in [-0.2, -0.15) is 0 Å². The van der Waals surface area contributed by atoms with Gasteiger partial charge in [0.05, 0.1) is 0 Å². The van der Waals surface area contributed by atoms with Crippen molar-refractivity contribution in [3.05, 3.63) is 53.9 Å². The first kappa shape index (κ1) is 8.11. The van der Waals surface area contributed by atoms with E-state index in [0.717, 1.165) is 5.69 Å². The first-order chi connectivity index (χ1) is 6.29. The van der Waals surface area contributed by atoms with E-state index in [0.29, 0.717) is 0 Å². The summed E-state index contributed by atoms with van der Waals surface area (Å²) in [5, 5.41) is 0. The minimum absolute atomic E-state index is 1.16. The Hall–Kier alpha value is -1.50. The molecule has 0 saturated carbocycles. The van der Waals surface area contributed by atoms with Gasteiger partial charge in [0.2, 0.25) is 0 Å². The van der Waals surface area contributed by atoms with Gasteiger partial charge in [-0.25, -0.2) is 0 Å². The lowest BCUT2D eigenvalue weighted by Crippen LogP contribution is -1.97. The summed E-state index contributed by atoms with van der Waals surface area (Å²) < 4.78 is 2.19. The molecule has 0 aliphatic heterocycles. The number of aromatic nitrogens is 1. The minimum atomic E-state index is 1.16. The highest BCUT2D eigenvalue weighted by molar-refractivity contribution is 5.36. The summed E-state index contributed by atoms with van der Waals surface area (Å²) in [4.78, 5) is 0. The van der Waals surface area contributed by atoms with Crippen LogP contribution in [0.5, 0.6) is 0 Å². The van der Waals surface area contributed by atoms with Crippen LogP contribution in [0.2, 0.25) is 0 Å². The van der Waals surface area contributed by atoms with E-state index in [-0.39, 0.29) is 0 Å². The van der Waals surface area contributed by atoms with Crippen LogP contribution in [0.4, 0.5) is 0 Å². The van der Waals surface area contributed by atoms with Crippen molar-refractivity contribution < 1.29 is 0 Å². The van der Waals surface area contributed by atoms with Crippen molar-refractivity contribution >= 4 is 0 Å². The summed E-state index contributed by atoms with van der Waals surface area (Å²) in [7, 11) is 0. The molecule has 0 spiro atoms. The molecule has 0 amide bonds. The molecule has 0 N–H and O–H groups in total. The van der Waals surface area contributed by atoms with Gasteiger partial charge in [0, 0.05) is 23.1 Å². The molecule has 65 valence electrons. The molecule has 0 bridgehead atoms. The van der Waals surface area contributed by atoms with E-state index >= 15 is 0 Å². The lowest BCUT2D eigenvalue weighted by molar-refractivity contribution is 0.965. The second kappa shape index (κ2) is 3.09. The molecule has 1 radical (unpaired) electrons. The highest BCUT2D eigenvalue weighted by Gasteiger charge is 2.01. The van der Waals surface area contributed by atoms with Crippen LogP contribution in [0, 0.1) is 19.9 Å². The molecule has 1 nitrogen and oxygen atoms in total. The fourth-order valence-electron chi connectivity index (χ4n) is 1.58. The number of aryl methyl sites for hydroxylation is 2. The predicted octanol–water partition coefficient (Wildman–Crippen LogP) is 2.89. The van der Waals surface area contributed by atoms with E-state index < -0.39 is 0 Å². The predicted molar refractivity (Wildman–Crippen MR) is 54.1 cm³/mol. The van der Waals surface area contributed by atoms with E-state index in [1.165, 1.54) is 11.4 Å². The van der Waals surface area contributed by atoms with Crippen LogP contribution in [0.1, 0.15) is 11.4 Å². The Balaban J connectivity index is 2.59. The quantitative estimate of drug-likeness (QED) is 0.620. The molecular formula is C12H12N. The molecule has 1 heterocycles. The Kier molecular flexibility index (Phi) is 1.93. The van der Waals surface area contributed by atoms with Crippen LogP contribution in [0.15, 0.2) is 36.4 Å². The van der Waals surface area contributed by atoms with Crippen molar-refractivity contribution in [1.29, 1.82) is 0 Å². The average Bonchev–Trinajstić information content (AvgIpc) is 2.48. The van der Waals surface area contributed by atoms with Gasteiger partial charge in [-0.1, -0.05) is 18.2 Å². The lowest BCUT2D eigenvalue weighted by Gasteiger charge is -2.08. The highest BCUT2D eigenvalue weighted by Crippen LogP contribution is 2.14. The van der Waals surface area contributed by atoms with Crippen LogP contribution < -0.4 is 0 Å². The molecule has 2 aromatic rings. The molecule has 1 aromatic carbocycles. The Morgan fingerprint density at radius 1 is 1.08 bits per heavy atom. The van der Waals surface area contributed by atoms with Gasteiger partial charge in [0.15, 0.2) is 0 Å². The normalized spacial score (nSPS) is 10.3. The maximum Gasteiger partial charge on any atom is 0.0455 e. The largest absolute Gasteiger partial charge is 0.318 e. The minimum Gasteiger partial charge on any atom is -0.318 e. The SMILES string of the molecule is Cc1[c]cc(C)n1-c1ccccc1. The van der Waals surface area contributed by atoms with E-state index in [9.17, 15) is 0 Å². The molecule has 0 saturated heterocycles. The second-order valence-electron chi connectivity index (χ2n) is 3.19. The van der Waals surface area contributed by atoms with Crippen LogP contribution in [-0.4, -0.2) is 4.57 Å². The van der Waals surface area contributed by atoms with E-state index in [1.54, 1.807) is 0 Å². The van der Waals surface area contributed by atoms with Crippen LogP contribution >= 0.6 is 0 Å². The van der Waals surface area contributed by atoms with Gasteiger partial charge in [-0.3, -0.25) is 0 Å². The van der Waals surface area contributed by atoms with Gasteiger partial charge in [0.25, 0.3) is 0 Å². The number of para-hydroxylation sites is 1. The zero-order valence-corrected chi connectivity index (χ0v) is 7.91. The number of hydrogen-bond donors (Lipinski definition) is 0. The van der Waals surface area contributed by atoms with E-state index in [1.807, 2.05) is 24.3 Å². The molecule has 0 aliphatic rings.